The van der Waals surface area contributed by atoms with Crippen LogP contribution < -0.4 is 10.6 Å². The molecule has 0 bridgehead atoms. The maximum absolute atomic E-state index is 12.8. The molecule has 2 N–H and O–H groups in total. The van der Waals surface area contributed by atoms with E-state index in [0.29, 0.717) is 16.3 Å². The Morgan fingerprint density at radius 3 is 2.62 bits per heavy atom. The minimum atomic E-state index is -0.957. The highest BCUT2D eigenvalue weighted by Crippen LogP contribution is 2.25. The third-order valence-electron chi connectivity index (χ3n) is 3.33. The molecule has 0 saturated carbocycles. The van der Waals surface area contributed by atoms with E-state index >= 15 is 0 Å². The molecule has 0 aliphatic heterocycles. The largest absolute Gasteiger partial charge is 0.449 e. The molecule has 1 heterocycles. The van der Waals surface area contributed by atoms with Gasteiger partial charge in [0.05, 0.1) is 5.69 Å². The Kier molecular flexibility index (Phi) is 5.86. The summed E-state index contributed by atoms with van der Waals surface area (Å²) in [4.78, 5) is 24.3. The van der Waals surface area contributed by atoms with Gasteiger partial charge in [-0.25, -0.2) is 9.18 Å². The molecule has 1 atom stereocenters. The normalized spacial score (nSPS) is 11.7. The molecule has 8 heteroatoms. The van der Waals surface area contributed by atoms with Gasteiger partial charge in [-0.3, -0.25) is 4.79 Å². The first kappa shape index (κ1) is 17.9. The number of hydrogen-bond acceptors (Lipinski definition) is 6. The number of aromatic nitrogens is 1. The molecule has 6 nitrogen and oxygen atoms in total. The summed E-state index contributed by atoms with van der Waals surface area (Å²) < 4.78 is 22.1. The Morgan fingerprint density at radius 1 is 1.33 bits per heavy atom. The highest BCUT2D eigenvalue weighted by atomic mass is 32.1. The number of nitrogens with one attached hydrogen (secondary N) is 2. The van der Waals surface area contributed by atoms with E-state index in [1.54, 1.807) is 26.1 Å². The molecule has 1 amide bonds. The molecule has 2 rings (SSSR count). The maximum atomic E-state index is 12.8. The molecule has 1 aromatic heterocycles. The fourth-order valence-electron chi connectivity index (χ4n) is 1.99. The molecule has 0 saturated heterocycles. The second-order valence-electron chi connectivity index (χ2n) is 5.11. The number of carbonyl (C=O) groups is 2. The van der Waals surface area contributed by atoms with E-state index in [4.69, 9.17) is 4.74 Å². The number of amides is 1. The van der Waals surface area contributed by atoms with E-state index in [2.05, 4.69) is 15.0 Å². The molecule has 0 fully saturated rings. The second kappa shape index (κ2) is 7.87. The van der Waals surface area contributed by atoms with Gasteiger partial charge in [0.15, 0.2) is 6.10 Å². The highest BCUT2D eigenvalue weighted by molar-refractivity contribution is 7.10. The van der Waals surface area contributed by atoms with Gasteiger partial charge < -0.3 is 15.4 Å². The van der Waals surface area contributed by atoms with E-state index < -0.39 is 18.0 Å². The molecule has 1 aromatic carbocycles. The molecule has 24 heavy (non-hydrogen) atoms. The number of rotatable bonds is 6. The van der Waals surface area contributed by atoms with Crippen LogP contribution in [0.15, 0.2) is 24.3 Å². The average molecular weight is 351 g/mol. The highest BCUT2D eigenvalue weighted by Gasteiger charge is 2.24. The van der Waals surface area contributed by atoms with Gasteiger partial charge >= 0.3 is 5.97 Å². The summed E-state index contributed by atoms with van der Waals surface area (Å²) >= 11 is 1.16. The standard InChI is InChI=1S/C16H18FN3O3S/c1-9-13(15(18-3)24-20-9)16(22)23-10(2)14(21)19-8-11-4-6-12(17)7-5-11/h4-7,10,18H,8H2,1-3H3,(H,19,21)/t10-/m1/s1. The number of benzene rings is 1. The van der Waals surface area contributed by atoms with Gasteiger partial charge in [0, 0.05) is 13.6 Å². The molecule has 0 aliphatic carbocycles. The van der Waals surface area contributed by atoms with Crippen molar-refractivity contribution in [3.8, 4) is 0 Å². The van der Waals surface area contributed by atoms with Crippen molar-refractivity contribution in [3.05, 3.63) is 46.9 Å². The van der Waals surface area contributed by atoms with Crippen molar-refractivity contribution in [3.63, 3.8) is 0 Å². The first-order valence-electron chi connectivity index (χ1n) is 7.29. The number of ether oxygens (including phenoxy) is 1. The van der Waals surface area contributed by atoms with Crippen LogP contribution in [0.1, 0.15) is 28.5 Å². The van der Waals surface area contributed by atoms with E-state index in [-0.39, 0.29) is 12.4 Å². The minimum absolute atomic E-state index is 0.224. The van der Waals surface area contributed by atoms with Crippen LogP contribution in [0.4, 0.5) is 9.39 Å². The van der Waals surface area contributed by atoms with Crippen molar-refractivity contribution >= 4 is 28.4 Å². The smallest absolute Gasteiger partial charge is 0.343 e. The predicted molar refractivity (Wildman–Crippen MR) is 89.5 cm³/mol. The Bertz CT molecular complexity index is 731. The fourth-order valence-corrected chi connectivity index (χ4v) is 2.72. The topological polar surface area (TPSA) is 80.3 Å². The van der Waals surface area contributed by atoms with Crippen molar-refractivity contribution in [1.29, 1.82) is 0 Å². The van der Waals surface area contributed by atoms with E-state index in [9.17, 15) is 14.0 Å². The van der Waals surface area contributed by atoms with E-state index in [1.165, 1.54) is 19.1 Å². The lowest BCUT2D eigenvalue weighted by Gasteiger charge is -2.14. The first-order chi connectivity index (χ1) is 11.4. The number of esters is 1. The lowest BCUT2D eigenvalue weighted by atomic mass is 10.2. The van der Waals surface area contributed by atoms with Crippen LogP contribution >= 0.6 is 11.5 Å². The lowest BCUT2D eigenvalue weighted by molar-refractivity contribution is -0.129. The predicted octanol–water partition coefficient (Wildman–Crippen LogP) is 2.49. The van der Waals surface area contributed by atoms with Gasteiger partial charge in [0.25, 0.3) is 5.91 Å². The Balaban J connectivity index is 1.92. The van der Waals surface area contributed by atoms with Crippen LogP contribution in [-0.2, 0) is 16.1 Å². The summed E-state index contributed by atoms with van der Waals surface area (Å²) in [5.41, 5.74) is 1.63. The Hall–Kier alpha value is -2.48. The summed E-state index contributed by atoms with van der Waals surface area (Å²) in [7, 11) is 1.68. The first-order valence-corrected chi connectivity index (χ1v) is 8.07. The van der Waals surface area contributed by atoms with Crippen LogP contribution in [0.2, 0.25) is 0 Å². The van der Waals surface area contributed by atoms with Crippen LogP contribution in [0.25, 0.3) is 0 Å². The molecule has 0 unspecified atom stereocenters. The molecule has 2 aromatic rings. The third-order valence-corrected chi connectivity index (χ3v) is 4.28. The van der Waals surface area contributed by atoms with Gasteiger partial charge in [-0.05, 0) is 43.1 Å². The number of carbonyl (C=O) groups excluding carboxylic acids is 2. The number of anilines is 1. The van der Waals surface area contributed by atoms with Crippen LogP contribution in [-0.4, -0.2) is 29.4 Å². The maximum Gasteiger partial charge on any atom is 0.343 e. The zero-order chi connectivity index (χ0) is 17.7. The zero-order valence-corrected chi connectivity index (χ0v) is 14.4. The average Bonchev–Trinajstić information content (AvgIpc) is 2.94. The SMILES string of the molecule is CNc1snc(C)c1C(=O)O[C@H](C)C(=O)NCc1ccc(F)cc1. The number of hydrogen-bond donors (Lipinski definition) is 2. The number of nitrogens with zero attached hydrogens (tertiary/aromatic N) is 1. The minimum Gasteiger partial charge on any atom is -0.449 e. The molecular formula is C16H18FN3O3S. The monoisotopic (exact) mass is 351 g/mol. The molecule has 0 spiro atoms. The van der Waals surface area contributed by atoms with E-state index in [1.807, 2.05) is 0 Å². The van der Waals surface area contributed by atoms with Gasteiger partial charge in [-0.2, -0.15) is 4.37 Å². The quantitative estimate of drug-likeness (QED) is 0.782. The molecule has 128 valence electrons. The van der Waals surface area contributed by atoms with Crippen molar-refractivity contribution in [2.45, 2.75) is 26.5 Å². The van der Waals surface area contributed by atoms with Gasteiger partial charge in [-0.1, -0.05) is 12.1 Å². The van der Waals surface area contributed by atoms with Crippen LogP contribution in [0, 0.1) is 12.7 Å². The Labute approximate surface area is 143 Å². The summed E-state index contributed by atoms with van der Waals surface area (Å²) in [6.07, 6.45) is -0.957. The van der Waals surface area contributed by atoms with Crippen LogP contribution in [0.5, 0.6) is 0 Å². The van der Waals surface area contributed by atoms with Gasteiger partial charge in [0.1, 0.15) is 16.4 Å². The summed E-state index contributed by atoms with van der Waals surface area (Å²) in [6.45, 7) is 3.42. The molecule has 0 aliphatic rings. The van der Waals surface area contributed by atoms with E-state index in [0.717, 1.165) is 17.1 Å². The zero-order valence-electron chi connectivity index (χ0n) is 13.6. The van der Waals surface area contributed by atoms with Crippen molar-refractivity contribution < 1.29 is 18.7 Å². The number of halogens is 1. The number of aryl methyl sites for hydroxylation is 1. The summed E-state index contributed by atoms with van der Waals surface area (Å²) in [5, 5.41) is 6.11. The van der Waals surface area contributed by atoms with Crippen molar-refractivity contribution in [2.24, 2.45) is 0 Å². The second-order valence-corrected chi connectivity index (χ2v) is 5.89. The molecular weight excluding hydrogens is 333 g/mol. The summed E-state index contributed by atoms with van der Waals surface area (Å²) in [5.74, 6) is -1.37. The molecule has 0 radical (unpaired) electrons. The van der Waals surface area contributed by atoms with Crippen molar-refractivity contribution in [1.82, 2.24) is 9.69 Å². The van der Waals surface area contributed by atoms with Gasteiger partial charge in [0.2, 0.25) is 0 Å². The fraction of sp³-hybridized carbons (Fsp3) is 0.312. The lowest BCUT2D eigenvalue weighted by Crippen LogP contribution is -2.35. The van der Waals surface area contributed by atoms with Crippen molar-refractivity contribution in [2.75, 3.05) is 12.4 Å². The van der Waals surface area contributed by atoms with Gasteiger partial charge in [-0.15, -0.1) is 0 Å². The van der Waals surface area contributed by atoms with Crippen LogP contribution in [0.3, 0.4) is 0 Å². The third kappa shape index (κ3) is 4.29. The Morgan fingerprint density at radius 2 is 2.00 bits per heavy atom. The summed E-state index contributed by atoms with van der Waals surface area (Å²) in [6, 6.07) is 5.78.